The van der Waals surface area contributed by atoms with Crippen LogP contribution < -0.4 is 5.32 Å². The number of aryl methyl sites for hydroxylation is 1. The molecule has 8 heteroatoms. The third-order valence-electron chi connectivity index (χ3n) is 4.97. The van der Waals surface area contributed by atoms with E-state index in [4.69, 9.17) is 9.47 Å². The van der Waals surface area contributed by atoms with E-state index in [1.165, 1.54) is 7.11 Å². The summed E-state index contributed by atoms with van der Waals surface area (Å²) in [7, 11) is 3.27. The molecule has 1 unspecified atom stereocenters. The Kier molecular flexibility index (Phi) is 4.86. The van der Waals surface area contributed by atoms with Gasteiger partial charge in [-0.1, -0.05) is 0 Å². The molecule has 8 nitrogen and oxygen atoms in total. The maximum absolute atomic E-state index is 12.1. The number of amides is 2. The van der Waals surface area contributed by atoms with E-state index in [0.29, 0.717) is 37.9 Å². The standard InChI is InChI=1S/C16H24N4O4/c1-19-13(4-7-18-19)15(22)17-6-3-12-5-8-24-16(12)10-20(11-16)14(21)9-23-2/h4,7,12H,3,5-6,8-11H2,1-2H3,(H,17,22). The zero-order valence-corrected chi connectivity index (χ0v) is 14.2. The van der Waals surface area contributed by atoms with Crippen molar-refractivity contribution in [3.05, 3.63) is 18.0 Å². The van der Waals surface area contributed by atoms with Gasteiger partial charge >= 0.3 is 0 Å². The molecular weight excluding hydrogens is 312 g/mol. The SMILES string of the molecule is COCC(=O)N1CC2(C1)OCCC2CCNC(=O)c1ccnn1C. The predicted molar refractivity (Wildman–Crippen MR) is 85.4 cm³/mol. The molecule has 0 radical (unpaired) electrons. The molecular formula is C16H24N4O4. The lowest BCUT2D eigenvalue weighted by Crippen LogP contribution is -2.66. The fourth-order valence-electron chi connectivity index (χ4n) is 3.58. The van der Waals surface area contributed by atoms with Crippen LogP contribution in [0.5, 0.6) is 0 Å². The third kappa shape index (κ3) is 3.16. The first-order valence-electron chi connectivity index (χ1n) is 8.22. The Morgan fingerprint density at radius 2 is 2.29 bits per heavy atom. The van der Waals surface area contributed by atoms with Gasteiger partial charge in [0.1, 0.15) is 17.9 Å². The summed E-state index contributed by atoms with van der Waals surface area (Å²) in [6.07, 6.45) is 3.42. The Hall–Kier alpha value is -1.93. The van der Waals surface area contributed by atoms with Gasteiger partial charge in [0.05, 0.1) is 13.1 Å². The Bertz CT molecular complexity index is 609. The van der Waals surface area contributed by atoms with Crippen LogP contribution in [0.25, 0.3) is 0 Å². The molecule has 2 saturated heterocycles. The molecule has 0 saturated carbocycles. The fraction of sp³-hybridized carbons (Fsp3) is 0.688. The van der Waals surface area contributed by atoms with Crippen molar-refractivity contribution in [3.8, 4) is 0 Å². The number of aromatic nitrogens is 2. The molecule has 1 atom stereocenters. The first-order valence-corrected chi connectivity index (χ1v) is 8.22. The van der Waals surface area contributed by atoms with Gasteiger partial charge in [0.15, 0.2) is 0 Å². The summed E-state index contributed by atoms with van der Waals surface area (Å²) >= 11 is 0. The van der Waals surface area contributed by atoms with Gasteiger partial charge in [-0.15, -0.1) is 0 Å². The molecule has 1 aromatic heterocycles. The van der Waals surface area contributed by atoms with Crippen LogP contribution in [0.4, 0.5) is 0 Å². The molecule has 0 aliphatic carbocycles. The van der Waals surface area contributed by atoms with E-state index in [1.54, 1.807) is 28.9 Å². The van der Waals surface area contributed by atoms with Crippen LogP contribution in [0, 0.1) is 5.92 Å². The van der Waals surface area contributed by atoms with Crippen molar-refractivity contribution in [2.75, 3.05) is 40.0 Å². The summed E-state index contributed by atoms with van der Waals surface area (Å²) in [5.41, 5.74) is 0.313. The van der Waals surface area contributed by atoms with Crippen molar-refractivity contribution >= 4 is 11.8 Å². The van der Waals surface area contributed by atoms with Crippen LogP contribution in [0.2, 0.25) is 0 Å². The number of rotatable bonds is 6. The smallest absolute Gasteiger partial charge is 0.269 e. The van der Waals surface area contributed by atoms with Crippen molar-refractivity contribution < 1.29 is 19.1 Å². The minimum absolute atomic E-state index is 0.00175. The lowest BCUT2D eigenvalue weighted by molar-refractivity contribution is -0.168. The quantitative estimate of drug-likeness (QED) is 0.778. The second-order valence-corrected chi connectivity index (χ2v) is 6.47. The number of likely N-dealkylation sites (tertiary alicyclic amines) is 1. The first-order chi connectivity index (χ1) is 11.6. The molecule has 2 fully saturated rings. The molecule has 1 aromatic rings. The molecule has 3 heterocycles. The third-order valence-corrected chi connectivity index (χ3v) is 4.97. The molecule has 2 aliphatic rings. The van der Waals surface area contributed by atoms with E-state index in [1.807, 2.05) is 0 Å². The zero-order valence-electron chi connectivity index (χ0n) is 14.2. The number of methoxy groups -OCH3 is 1. The molecule has 2 amide bonds. The lowest BCUT2D eigenvalue weighted by Gasteiger charge is -2.50. The van der Waals surface area contributed by atoms with Crippen molar-refractivity contribution in [2.45, 2.75) is 18.4 Å². The van der Waals surface area contributed by atoms with Crippen molar-refractivity contribution in [3.63, 3.8) is 0 Å². The highest BCUT2D eigenvalue weighted by molar-refractivity contribution is 5.92. The van der Waals surface area contributed by atoms with Gasteiger partial charge in [0.25, 0.3) is 5.91 Å². The molecule has 0 aromatic carbocycles. The van der Waals surface area contributed by atoms with Crippen LogP contribution >= 0.6 is 0 Å². The van der Waals surface area contributed by atoms with Gasteiger partial charge < -0.3 is 19.7 Å². The largest absolute Gasteiger partial charge is 0.375 e. The normalized spacial score (nSPS) is 21.8. The highest BCUT2D eigenvalue weighted by Gasteiger charge is 2.53. The van der Waals surface area contributed by atoms with Crippen LogP contribution in [-0.2, 0) is 21.3 Å². The number of nitrogens with zero attached hydrogens (tertiary/aromatic N) is 3. The lowest BCUT2D eigenvalue weighted by atomic mass is 9.79. The topological polar surface area (TPSA) is 85.7 Å². The average molecular weight is 336 g/mol. The van der Waals surface area contributed by atoms with E-state index in [-0.39, 0.29) is 24.0 Å². The summed E-state index contributed by atoms with van der Waals surface area (Å²) < 4.78 is 12.4. The Labute approximate surface area is 141 Å². The van der Waals surface area contributed by atoms with E-state index in [9.17, 15) is 9.59 Å². The summed E-state index contributed by atoms with van der Waals surface area (Å²) in [4.78, 5) is 25.7. The number of nitrogens with one attached hydrogen (secondary N) is 1. The van der Waals surface area contributed by atoms with E-state index >= 15 is 0 Å². The highest BCUT2D eigenvalue weighted by Crippen LogP contribution is 2.41. The molecule has 1 N–H and O–H groups in total. The van der Waals surface area contributed by atoms with Gasteiger partial charge in [-0.3, -0.25) is 14.3 Å². The van der Waals surface area contributed by atoms with Gasteiger partial charge in [-0.05, 0) is 24.8 Å². The monoisotopic (exact) mass is 336 g/mol. The maximum Gasteiger partial charge on any atom is 0.269 e. The van der Waals surface area contributed by atoms with Crippen LogP contribution in [-0.4, -0.2) is 72.1 Å². The van der Waals surface area contributed by atoms with Crippen molar-refractivity contribution in [2.24, 2.45) is 13.0 Å². The molecule has 1 spiro atoms. The maximum atomic E-state index is 12.1. The second-order valence-electron chi connectivity index (χ2n) is 6.47. The van der Waals surface area contributed by atoms with E-state index in [0.717, 1.165) is 12.8 Å². The number of carbonyl (C=O) groups excluding carboxylic acids is 2. The zero-order chi connectivity index (χ0) is 17.2. The Balaban J connectivity index is 1.47. The number of hydrogen-bond donors (Lipinski definition) is 1. The minimum atomic E-state index is -0.235. The van der Waals surface area contributed by atoms with E-state index < -0.39 is 0 Å². The second kappa shape index (κ2) is 6.90. The Morgan fingerprint density at radius 1 is 1.50 bits per heavy atom. The van der Waals surface area contributed by atoms with Crippen LogP contribution in [0.15, 0.2) is 12.3 Å². The number of carbonyl (C=O) groups is 2. The summed E-state index contributed by atoms with van der Waals surface area (Å²) in [5, 5.41) is 6.93. The van der Waals surface area contributed by atoms with Crippen LogP contribution in [0.3, 0.4) is 0 Å². The summed E-state index contributed by atoms with van der Waals surface area (Å²) in [6, 6.07) is 1.70. The number of hydrogen-bond acceptors (Lipinski definition) is 5. The molecule has 132 valence electrons. The molecule has 2 aliphatic heterocycles. The molecule has 24 heavy (non-hydrogen) atoms. The van der Waals surface area contributed by atoms with Gasteiger partial charge in [0, 0.05) is 33.5 Å². The van der Waals surface area contributed by atoms with Crippen LogP contribution in [0.1, 0.15) is 23.3 Å². The van der Waals surface area contributed by atoms with Crippen molar-refractivity contribution in [1.29, 1.82) is 0 Å². The molecule has 3 rings (SSSR count). The van der Waals surface area contributed by atoms with Gasteiger partial charge in [-0.2, -0.15) is 5.10 Å². The average Bonchev–Trinajstić information content (AvgIpc) is 3.12. The van der Waals surface area contributed by atoms with E-state index in [2.05, 4.69) is 10.4 Å². The Morgan fingerprint density at radius 3 is 2.96 bits per heavy atom. The number of ether oxygens (including phenoxy) is 2. The first kappa shape index (κ1) is 16.9. The fourth-order valence-corrected chi connectivity index (χ4v) is 3.58. The predicted octanol–water partition coefficient (Wildman–Crippen LogP) is -0.196. The summed E-state index contributed by atoms with van der Waals surface area (Å²) in [6.45, 7) is 2.66. The van der Waals surface area contributed by atoms with Crippen molar-refractivity contribution in [1.82, 2.24) is 20.0 Å². The highest BCUT2D eigenvalue weighted by atomic mass is 16.5. The molecule has 0 bridgehead atoms. The van der Waals surface area contributed by atoms with Gasteiger partial charge in [0.2, 0.25) is 5.91 Å². The van der Waals surface area contributed by atoms with Gasteiger partial charge in [-0.25, -0.2) is 0 Å². The minimum Gasteiger partial charge on any atom is -0.375 e. The summed E-state index contributed by atoms with van der Waals surface area (Å²) in [5.74, 6) is 0.242.